The highest BCUT2D eigenvalue weighted by molar-refractivity contribution is 6.01. The number of ether oxygens (including phenoxy) is 2. The third-order valence-corrected chi connectivity index (χ3v) is 2.97. The van der Waals surface area contributed by atoms with Gasteiger partial charge in [0.15, 0.2) is 5.78 Å². The van der Waals surface area contributed by atoms with Crippen LogP contribution in [0.15, 0.2) is 0 Å². The maximum absolute atomic E-state index is 12.2. The summed E-state index contributed by atoms with van der Waals surface area (Å²) >= 11 is 0. The van der Waals surface area contributed by atoms with Crippen LogP contribution in [0.25, 0.3) is 0 Å². The maximum atomic E-state index is 12.2. The Morgan fingerprint density at radius 3 is 2.15 bits per heavy atom. The van der Waals surface area contributed by atoms with E-state index in [-0.39, 0.29) is 11.8 Å². The van der Waals surface area contributed by atoms with E-state index in [4.69, 9.17) is 9.47 Å². The first-order valence-electron chi connectivity index (χ1n) is 7.01. The van der Waals surface area contributed by atoms with Gasteiger partial charge in [0.1, 0.15) is 5.92 Å². The van der Waals surface area contributed by atoms with Gasteiger partial charge in [-0.15, -0.1) is 0 Å². The topological polar surface area (TPSA) is 69.7 Å². The molecule has 0 rings (SSSR count). The number of Topliss-reactive ketones (excluding diaryl/α,β-unsaturated/α-hetero) is 1. The standard InChI is InChI=1S/C15H26O5/c1-6-20-12(16)10-8-7-9-11(14(18)19-5)13(17)15(2,3)4/h11H,6-10H2,1-5H3. The number of hydrogen-bond acceptors (Lipinski definition) is 5. The SMILES string of the molecule is CCOC(=O)CCCCC(C(=O)OC)C(=O)C(C)(C)C. The Hall–Kier alpha value is -1.39. The molecule has 0 saturated carbocycles. The van der Waals surface area contributed by atoms with Crippen molar-refractivity contribution >= 4 is 17.7 Å². The molecule has 116 valence electrons. The highest BCUT2D eigenvalue weighted by atomic mass is 16.5. The molecule has 1 atom stereocenters. The van der Waals surface area contributed by atoms with Crippen LogP contribution in [0, 0.1) is 11.3 Å². The molecule has 20 heavy (non-hydrogen) atoms. The second-order valence-corrected chi connectivity index (χ2v) is 5.74. The van der Waals surface area contributed by atoms with Crippen molar-refractivity contribution in [1.29, 1.82) is 0 Å². The second kappa shape index (κ2) is 8.72. The van der Waals surface area contributed by atoms with E-state index < -0.39 is 17.3 Å². The van der Waals surface area contributed by atoms with Crippen LogP contribution in [0.4, 0.5) is 0 Å². The zero-order valence-corrected chi connectivity index (χ0v) is 13.2. The summed E-state index contributed by atoms with van der Waals surface area (Å²) in [4.78, 5) is 35.1. The lowest BCUT2D eigenvalue weighted by atomic mass is 9.81. The summed E-state index contributed by atoms with van der Waals surface area (Å²) in [5, 5.41) is 0. The number of methoxy groups -OCH3 is 1. The first-order chi connectivity index (χ1) is 9.23. The molecule has 0 aliphatic heterocycles. The van der Waals surface area contributed by atoms with Gasteiger partial charge in [0.05, 0.1) is 13.7 Å². The highest BCUT2D eigenvalue weighted by Gasteiger charge is 2.34. The molecule has 0 bridgehead atoms. The number of hydrogen-bond donors (Lipinski definition) is 0. The minimum Gasteiger partial charge on any atom is -0.468 e. The number of ketones is 1. The molecule has 0 aromatic carbocycles. The van der Waals surface area contributed by atoms with Gasteiger partial charge in [-0.05, 0) is 19.8 Å². The molecule has 0 aliphatic rings. The van der Waals surface area contributed by atoms with Crippen molar-refractivity contribution in [2.24, 2.45) is 11.3 Å². The third-order valence-electron chi connectivity index (χ3n) is 2.97. The van der Waals surface area contributed by atoms with Gasteiger partial charge in [-0.2, -0.15) is 0 Å². The molecule has 0 radical (unpaired) electrons. The van der Waals surface area contributed by atoms with Crippen molar-refractivity contribution in [3.63, 3.8) is 0 Å². The Morgan fingerprint density at radius 2 is 1.70 bits per heavy atom. The Bertz CT molecular complexity index is 341. The molecule has 0 saturated heterocycles. The fraction of sp³-hybridized carbons (Fsp3) is 0.800. The molecule has 0 spiro atoms. The molecule has 5 heteroatoms. The second-order valence-electron chi connectivity index (χ2n) is 5.74. The normalized spacial score (nSPS) is 12.7. The molecule has 0 amide bonds. The first kappa shape index (κ1) is 18.6. The van der Waals surface area contributed by atoms with Crippen LogP contribution in [0.1, 0.15) is 53.4 Å². The summed E-state index contributed by atoms with van der Waals surface area (Å²) in [5.74, 6) is -1.62. The Balaban J connectivity index is 4.37. The lowest BCUT2D eigenvalue weighted by Gasteiger charge is -2.22. The van der Waals surface area contributed by atoms with E-state index in [0.717, 1.165) is 0 Å². The van der Waals surface area contributed by atoms with Gasteiger partial charge in [0, 0.05) is 11.8 Å². The van der Waals surface area contributed by atoms with Gasteiger partial charge in [0.2, 0.25) is 0 Å². The third kappa shape index (κ3) is 6.68. The predicted molar refractivity (Wildman–Crippen MR) is 75.1 cm³/mol. The number of unbranched alkanes of at least 4 members (excludes halogenated alkanes) is 1. The van der Waals surface area contributed by atoms with Crippen molar-refractivity contribution in [3.05, 3.63) is 0 Å². The lowest BCUT2D eigenvalue weighted by molar-refractivity contribution is -0.152. The van der Waals surface area contributed by atoms with Crippen molar-refractivity contribution < 1.29 is 23.9 Å². The van der Waals surface area contributed by atoms with Gasteiger partial charge >= 0.3 is 11.9 Å². The predicted octanol–water partition coefficient (Wildman–Crippen LogP) is 2.51. The molecule has 0 aromatic heterocycles. The number of carbonyl (C=O) groups excluding carboxylic acids is 3. The minimum absolute atomic E-state index is 0.125. The summed E-state index contributed by atoms with van der Waals surface area (Å²) in [6, 6.07) is 0. The van der Waals surface area contributed by atoms with E-state index in [1.165, 1.54) is 7.11 Å². The van der Waals surface area contributed by atoms with Gasteiger partial charge in [-0.1, -0.05) is 27.2 Å². The zero-order chi connectivity index (χ0) is 15.8. The molecular formula is C15H26O5. The van der Waals surface area contributed by atoms with Crippen molar-refractivity contribution in [3.8, 4) is 0 Å². The number of carbonyl (C=O) groups is 3. The van der Waals surface area contributed by atoms with Crippen LogP contribution >= 0.6 is 0 Å². The van der Waals surface area contributed by atoms with E-state index in [0.29, 0.717) is 32.3 Å². The molecule has 5 nitrogen and oxygen atoms in total. The molecular weight excluding hydrogens is 260 g/mol. The molecule has 1 unspecified atom stereocenters. The van der Waals surface area contributed by atoms with Gasteiger partial charge in [-0.25, -0.2) is 0 Å². The molecule has 0 heterocycles. The van der Waals surface area contributed by atoms with Crippen LogP contribution in [0.5, 0.6) is 0 Å². The van der Waals surface area contributed by atoms with Crippen LogP contribution < -0.4 is 0 Å². The summed E-state index contributed by atoms with van der Waals surface area (Å²) in [7, 11) is 1.28. The molecule has 0 N–H and O–H groups in total. The lowest BCUT2D eigenvalue weighted by Crippen LogP contribution is -2.34. The van der Waals surface area contributed by atoms with Crippen LogP contribution in [0.3, 0.4) is 0 Å². The summed E-state index contributed by atoms with van der Waals surface area (Å²) in [6.07, 6.45) is 1.93. The van der Waals surface area contributed by atoms with Crippen molar-refractivity contribution in [2.75, 3.05) is 13.7 Å². The summed E-state index contributed by atoms with van der Waals surface area (Å²) < 4.78 is 9.52. The summed E-state index contributed by atoms with van der Waals surface area (Å²) in [5.41, 5.74) is -0.583. The molecule has 0 aliphatic carbocycles. The van der Waals surface area contributed by atoms with Crippen LogP contribution in [-0.2, 0) is 23.9 Å². The van der Waals surface area contributed by atoms with Crippen molar-refractivity contribution in [2.45, 2.75) is 53.4 Å². The fourth-order valence-corrected chi connectivity index (χ4v) is 1.87. The average Bonchev–Trinajstić information content (AvgIpc) is 2.36. The van der Waals surface area contributed by atoms with Crippen LogP contribution in [-0.4, -0.2) is 31.4 Å². The van der Waals surface area contributed by atoms with Gasteiger partial charge in [0.25, 0.3) is 0 Å². The van der Waals surface area contributed by atoms with E-state index in [1.807, 2.05) is 0 Å². The monoisotopic (exact) mass is 286 g/mol. The van der Waals surface area contributed by atoms with E-state index in [1.54, 1.807) is 27.7 Å². The minimum atomic E-state index is -0.748. The molecule has 0 aromatic rings. The van der Waals surface area contributed by atoms with E-state index in [2.05, 4.69) is 0 Å². The fourth-order valence-electron chi connectivity index (χ4n) is 1.87. The number of rotatable bonds is 8. The van der Waals surface area contributed by atoms with Gasteiger partial charge < -0.3 is 9.47 Å². The average molecular weight is 286 g/mol. The van der Waals surface area contributed by atoms with Crippen LogP contribution in [0.2, 0.25) is 0 Å². The van der Waals surface area contributed by atoms with Crippen molar-refractivity contribution in [1.82, 2.24) is 0 Å². The molecule has 0 fully saturated rings. The quantitative estimate of drug-likeness (QED) is 0.389. The maximum Gasteiger partial charge on any atom is 0.316 e. The highest BCUT2D eigenvalue weighted by Crippen LogP contribution is 2.24. The Kier molecular flexibility index (Phi) is 8.11. The van der Waals surface area contributed by atoms with E-state index in [9.17, 15) is 14.4 Å². The zero-order valence-electron chi connectivity index (χ0n) is 13.2. The number of esters is 2. The largest absolute Gasteiger partial charge is 0.468 e. The Morgan fingerprint density at radius 1 is 1.10 bits per heavy atom. The van der Waals surface area contributed by atoms with Gasteiger partial charge in [-0.3, -0.25) is 14.4 Å². The van der Waals surface area contributed by atoms with E-state index >= 15 is 0 Å². The smallest absolute Gasteiger partial charge is 0.316 e. The first-order valence-corrected chi connectivity index (χ1v) is 7.01. The Labute approximate surface area is 121 Å². The summed E-state index contributed by atoms with van der Waals surface area (Å²) in [6.45, 7) is 7.47.